The molecule has 0 N–H and O–H groups in total. The van der Waals surface area contributed by atoms with Crippen molar-refractivity contribution in [3.63, 3.8) is 0 Å². The molecule has 1 saturated carbocycles. The van der Waals surface area contributed by atoms with Gasteiger partial charge in [0.2, 0.25) is 5.67 Å². The third-order valence-corrected chi connectivity index (χ3v) is 14.7. The van der Waals surface area contributed by atoms with Crippen molar-refractivity contribution in [1.29, 1.82) is 0 Å². The number of benzene rings is 2. The molecular weight excluding hydrogens is 599 g/mol. The van der Waals surface area contributed by atoms with Crippen molar-refractivity contribution in [2.45, 2.75) is 85.5 Å². The Kier molecular flexibility index (Phi) is 7.69. The molecule has 0 bridgehead atoms. The molecular formula is C30H33F5O5S2. The predicted molar refractivity (Wildman–Crippen MR) is 146 cm³/mol. The minimum Gasteiger partial charge on any atom is -0.299 e. The summed E-state index contributed by atoms with van der Waals surface area (Å²) in [5, 5.41) is -0.643. The number of fused-ring (bicyclic) bond motifs is 3. The molecule has 1 aliphatic heterocycles. The number of carbonyl (C=O) groups excluding carboxylic acids is 1. The molecule has 12 heteroatoms. The van der Waals surface area contributed by atoms with Crippen LogP contribution in [0.4, 0.5) is 22.0 Å². The molecule has 1 unspecified atom stereocenters. The van der Waals surface area contributed by atoms with Gasteiger partial charge in [0, 0.05) is 12.3 Å². The summed E-state index contributed by atoms with van der Waals surface area (Å²) in [6.07, 6.45) is -3.80. The quantitative estimate of drug-likeness (QED) is 0.272. The van der Waals surface area contributed by atoms with Gasteiger partial charge in [0.15, 0.2) is 19.7 Å². The highest BCUT2D eigenvalue weighted by Gasteiger charge is 2.61. The second-order valence-electron chi connectivity index (χ2n) is 12.2. The van der Waals surface area contributed by atoms with Crippen LogP contribution in [0, 0.1) is 23.6 Å². The summed E-state index contributed by atoms with van der Waals surface area (Å²) in [6, 6.07) is 7.73. The Morgan fingerprint density at radius 3 is 2.31 bits per heavy atom. The van der Waals surface area contributed by atoms with Crippen LogP contribution in [0.5, 0.6) is 0 Å². The molecule has 0 amide bonds. The molecule has 2 fully saturated rings. The van der Waals surface area contributed by atoms with Crippen molar-refractivity contribution in [1.82, 2.24) is 0 Å². The molecule has 0 spiro atoms. The van der Waals surface area contributed by atoms with Gasteiger partial charge in [-0.15, -0.1) is 0 Å². The number of hydrogen-bond acceptors (Lipinski definition) is 5. The van der Waals surface area contributed by atoms with Gasteiger partial charge in [-0.05, 0) is 105 Å². The molecule has 1 heterocycles. The van der Waals surface area contributed by atoms with E-state index in [1.807, 2.05) is 0 Å². The van der Waals surface area contributed by atoms with E-state index in [4.69, 9.17) is 0 Å². The summed E-state index contributed by atoms with van der Waals surface area (Å²) in [6.45, 7) is 2.01. The van der Waals surface area contributed by atoms with Crippen LogP contribution in [0.25, 0.3) is 0 Å². The summed E-state index contributed by atoms with van der Waals surface area (Å²) < 4.78 is 121. The molecule has 5 nitrogen and oxygen atoms in total. The first-order valence-electron chi connectivity index (χ1n) is 14.1. The highest BCUT2D eigenvalue weighted by molar-refractivity contribution is 7.92. The van der Waals surface area contributed by atoms with Crippen LogP contribution < -0.4 is 0 Å². The average Bonchev–Trinajstić information content (AvgIpc) is 3.29. The largest absolute Gasteiger partial charge is 0.426 e. The van der Waals surface area contributed by atoms with Gasteiger partial charge in [-0.2, -0.15) is 13.2 Å². The Bertz CT molecular complexity index is 1600. The van der Waals surface area contributed by atoms with Crippen LogP contribution in [0.2, 0.25) is 0 Å². The number of ketones is 1. The SMILES string of the molecule is C[C@H]1C[C@H](C(=O)C[C@@H]2CC[C@@]3(S(=O)(=O)c4ccc(F)cc4)c4ccc(C(C)(F)C(F)(F)F)cc4CC[C@@H]23)CCS1(=O)=O. The molecule has 2 aromatic carbocycles. The van der Waals surface area contributed by atoms with Crippen LogP contribution >= 0.6 is 0 Å². The lowest BCUT2D eigenvalue weighted by Crippen LogP contribution is -2.45. The van der Waals surface area contributed by atoms with Crippen molar-refractivity contribution < 1.29 is 43.6 Å². The molecule has 5 rings (SSSR count). The second-order valence-corrected chi connectivity index (χ2v) is 17.0. The van der Waals surface area contributed by atoms with Gasteiger partial charge in [0.1, 0.15) is 16.3 Å². The third-order valence-electron chi connectivity index (χ3n) is 9.92. The summed E-state index contributed by atoms with van der Waals surface area (Å²) in [5.74, 6) is -2.21. The van der Waals surface area contributed by atoms with E-state index in [2.05, 4.69) is 0 Å². The molecule has 2 aromatic rings. The third kappa shape index (κ3) is 4.90. The van der Waals surface area contributed by atoms with Crippen LogP contribution in [0.1, 0.15) is 69.1 Å². The Morgan fingerprint density at radius 1 is 1.02 bits per heavy atom. The van der Waals surface area contributed by atoms with E-state index < -0.39 is 64.7 Å². The van der Waals surface area contributed by atoms with E-state index in [1.165, 1.54) is 6.07 Å². The Hall–Kier alpha value is -2.34. The van der Waals surface area contributed by atoms with Crippen molar-refractivity contribution >= 4 is 25.5 Å². The van der Waals surface area contributed by atoms with Crippen molar-refractivity contribution in [2.24, 2.45) is 17.8 Å². The topological polar surface area (TPSA) is 85.3 Å². The minimum absolute atomic E-state index is 0.0623. The fourth-order valence-electron chi connectivity index (χ4n) is 7.39. The monoisotopic (exact) mass is 632 g/mol. The van der Waals surface area contributed by atoms with Gasteiger partial charge in [-0.1, -0.05) is 18.2 Å². The molecule has 2 aliphatic carbocycles. The summed E-state index contributed by atoms with van der Waals surface area (Å²) in [7, 11) is -7.51. The summed E-state index contributed by atoms with van der Waals surface area (Å²) in [5.41, 5.74) is -3.66. The maximum atomic E-state index is 14.9. The maximum absolute atomic E-state index is 14.9. The molecule has 1 saturated heterocycles. The molecule has 3 aliphatic rings. The predicted octanol–water partition coefficient (Wildman–Crippen LogP) is 6.39. The lowest BCUT2D eigenvalue weighted by Gasteiger charge is -2.43. The second kappa shape index (κ2) is 10.4. The number of hydrogen-bond donors (Lipinski definition) is 0. The minimum atomic E-state index is -5.18. The average molecular weight is 633 g/mol. The molecule has 0 radical (unpaired) electrons. The lowest BCUT2D eigenvalue weighted by atomic mass is 9.71. The van der Waals surface area contributed by atoms with E-state index in [9.17, 15) is 43.6 Å². The number of rotatable bonds is 6. The van der Waals surface area contributed by atoms with Gasteiger partial charge in [0.05, 0.1) is 15.9 Å². The van der Waals surface area contributed by atoms with E-state index >= 15 is 0 Å². The van der Waals surface area contributed by atoms with E-state index in [-0.39, 0.29) is 66.4 Å². The molecule has 230 valence electrons. The maximum Gasteiger partial charge on any atom is 0.426 e. The van der Waals surface area contributed by atoms with Gasteiger partial charge < -0.3 is 0 Å². The fourth-order valence-corrected chi connectivity index (χ4v) is 11.4. The standard InChI is InChI=1S/C30H33F5O5S2/c1-18-15-21(12-14-41(18,37)38)27(36)17-20-11-13-29(42(39,40)24-7-5-23(31)6-8-24)25(20)9-3-19-16-22(4-10-26(19)29)28(2,32)30(33,34)35/h4-8,10,16,18,20-21,25H,3,9,11-15,17H2,1-2H3/t18-,20-,21+,25-,28?,29-/m0/s1. The number of halogens is 5. The zero-order chi connectivity index (χ0) is 30.9. The van der Waals surface area contributed by atoms with Crippen molar-refractivity contribution in [3.05, 3.63) is 65.0 Å². The van der Waals surface area contributed by atoms with E-state index in [0.29, 0.717) is 18.9 Å². The van der Waals surface area contributed by atoms with Gasteiger partial charge in [0.25, 0.3) is 0 Å². The number of alkyl halides is 4. The summed E-state index contributed by atoms with van der Waals surface area (Å²) in [4.78, 5) is 13.3. The zero-order valence-electron chi connectivity index (χ0n) is 23.3. The highest BCUT2D eigenvalue weighted by Crippen LogP contribution is 2.60. The number of Topliss-reactive ketones (excluding diaryl/α,β-unsaturated/α-hetero) is 1. The van der Waals surface area contributed by atoms with Crippen LogP contribution in [-0.2, 0) is 41.3 Å². The Balaban J connectivity index is 1.56. The normalized spacial score (nSPS) is 30.6. The van der Waals surface area contributed by atoms with Crippen LogP contribution in [-0.4, -0.2) is 39.8 Å². The molecule has 42 heavy (non-hydrogen) atoms. The molecule has 6 atom stereocenters. The molecule has 0 aromatic heterocycles. The zero-order valence-corrected chi connectivity index (χ0v) is 24.9. The first-order chi connectivity index (χ1) is 19.4. The van der Waals surface area contributed by atoms with Crippen molar-refractivity contribution in [2.75, 3.05) is 5.75 Å². The van der Waals surface area contributed by atoms with E-state index in [0.717, 1.165) is 36.4 Å². The smallest absolute Gasteiger partial charge is 0.299 e. The number of carbonyl (C=O) groups is 1. The van der Waals surface area contributed by atoms with Crippen LogP contribution in [0.15, 0.2) is 47.4 Å². The van der Waals surface area contributed by atoms with Gasteiger partial charge in [-0.25, -0.2) is 25.6 Å². The number of sulfone groups is 2. The fraction of sp³-hybridized carbons (Fsp3) is 0.567. The van der Waals surface area contributed by atoms with Crippen molar-refractivity contribution in [3.8, 4) is 0 Å². The number of aryl methyl sites for hydroxylation is 1. The Morgan fingerprint density at radius 2 is 1.69 bits per heavy atom. The first kappa shape index (κ1) is 31.1. The lowest BCUT2D eigenvalue weighted by molar-refractivity contribution is -0.228. The summed E-state index contributed by atoms with van der Waals surface area (Å²) >= 11 is 0. The van der Waals surface area contributed by atoms with E-state index in [1.54, 1.807) is 6.92 Å². The van der Waals surface area contributed by atoms with Crippen LogP contribution in [0.3, 0.4) is 0 Å². The highest BCUT2D eigenvalue weighted by atomic mass is 32.2. The van der Waals surface area contributed by atoms with Gasteiger partial charge >= 0.3 is 6.18 Å². The first-order valence-corrected chi connectivity index (χ1v) is 17.3. The Labute approximate surface area is 242 Å². The van der Waals surface area contributed by atoms with Gasteiger partial charge in [-0.3, -0.25) is 4.79 Å².